The molecule has 0 aliphatic heterocycles. The summed E-state index contributed by atoms with van der Waals surface area (Å²) in [5.74, 6) is 0.355. The van der Waals surface area contributed by atoms with Gasteiger partial charge in [0.15, 0.2) is 0 Å². The van der Waals surface area contributed by atoms with Gasteiger partial charge in [0.05, 0.1) is 11.7 Å². The second-order valence-electron chi connectivity index (χ2n) is 4.79. The third kappa shape index (κ3) is 5.70. The standard InChI is InChI=1S/C14H22N2O3/c1-10(2)19-13-7-6-12(9-15-13)14(18)16-11(3)5-4-8-17/h6-7,9-11,17H,4-5,8H2,1-3H3,(H,16,18). The van der Waals surface area contributed by atoms with Gasteiger partial charge in [-0.2, -0.15) is 0 Å². The minimum absolute atomic E-state index is 0.0336. The van der Waals surface area contributed by atoms with Crippen LogP contribution in [0.25, 0.3) is 0 Å². The molecular formula is C14H22N2O3. The van der Waals surface area contributed by atoms with E-state index in [2.05, 4.69) is 10.3 Å². The van der Waals surface area contributed by atoms with Crippen LogP contribution in [0.3, 0.4) is 0 Å². The lowest BCUT2D eigenvalue weighted by atomic mass is 10.1. The zero-order chi connectivity index (χ0) is 14.3. The van der Waals surface area contributed by atoms with Crippen LogP contribution in [0.5, 0.6) is 5.88 Å². The first-order valence-corrected chi connectivity index (χ1v) is 6.57. The molecule has 5 nitrogen and oxygen atoms in total. The lowest BCUT2D eigenvalue weighted by Gasteiger charge is -2.13. The molecule has 1 atom stereocenters. The second-order valence-corrected chi connectivity index (χ2v) is 4.79. The van der Waals surface area contributed by atoms with Gasteiger partial charge >= 0.3 is 0 Å². The van der Waals surface area contributed by atoms with Gasteiger partial charge in [-0.3, -0.25) is 4.79 Å². The molecule has 0 radical (unpaired) electrons. The Hall–Kier alpha value is -1.62. The fourth-order valence-corrected chi connectivity index (χ4v) is 1.60. The van der Waals surface area contributed by atoms with E-state index in [0.29, 0.717) is 17.9 Å². The van der Waals surface area contributed by atoms with Crippen molar-refractivity contribution in [3.63, 3.8) is 0 Å². The number of rotatable bonds is 7. The fraction of sp³-hybridized carbons (Fsp3) is 0.571. The molecule has 2 N–H and O–H groups in total. The molecule has 0 aliphatic carbocycles. The van der Waals surface area contributed by atoms with Crippen molar-refractivity contribution in [3.8, 4) is 5.88 Å². The first-order chi connectivity index (χ1) is 9.02. The van der Waals surface area contributed by atoms with E-state index in [-0.39, 0.29) is 24.7 Å². The number of aliphatic hydroxyl groups is 1. The highest BCUT2D eigenvalue weighted by Crippen LogP contribution is 2.09. The van der Waals surface area contributed by atoms with Gasteiger partial charge < -0.3 is 15.2 Å². The first-order valence-electron chi connectivity index (χ1n) is 6.57. The maximum atomic E-state index is 11.9. The summed E-state index contributed by atoms with van der Waals surface area (Å²) < 4.78 is 5.41. The number of amides is 1. The number of aromatic nitrogens is 1. The Kier molecular flexibility index (Phi) is 6.29. The predicted octanol–water partition coefficient (Wildman–Crippen LogP) is 1.76. The highest BCUT2D eigenvalue weighted by molar-refractivity contribution is 5.94. The molecule has 1 aromatic rings. The van der Waals surface area contributed by atoms with E-state index in [4.69, 9.17) is 9.84 Å². The molecule has 0 saturated heterocycles. The monoisotopic (exact) mass is 266 g/mol. The summed E-state index contributed by atoms with van der Waals surface area (Å²) >= 11 is 0. The molecule has 0 spiro atoms. The number of nitrogens with zero attached hydrogens (tertiary/aromatic N) is 1. The van der Waals surface area contributed by atoms with Gasteiger partial charge in [-0.1, -0.05) is 0 Å². The van der Waals surface area contributed by atoms with Crippen LogP contribution in [0.15, 0.2) is 18.3 Å². The molecule has 1 rings (SSSR count). The van der Waals surface area contributed by atoms with Crippen molar-refractivity contribution in [2.45, 2.75) is 45.8 Å². The molecule has 0 aliphatic rings. The molecule has 1 heterocycles. The summed E-state index contributed by atoms with van der Waals surface area (Å²) in [7, 11) is 0. The van der Waals surface area contributed by atoms with E-state index in [1.54, 1.807) is 12.1 Å². The highest BCUT2D eigenvalue weighted by Gasteiger charge is 2.10. The van der Waals surface area contributed by atoms with E-state index < -0.39 is 0 Å². The fourth-order valence-electron chi connectivity index (χ4n) is 1.60. The molecule has 19 heavy (non-hydrogen) atoms. The zero-order valence-electron chi connectivity index (χ0n) is 11.7. The Morgan fingerprint density at radius 1 is 1.42 bits per heavy atom. The summed E-state index contributed by atoms with van der Waals surface area (Å²) in [6.07, 6.45) is 3.00. The van der Waals surface area contributed by atoms with Crippen LogP contribution in [0, 0.1) is 0 Å². The highest BCUT2D eigenvalue weighted by atomic mass is 16.5. The van der Waals surface area contributed by atoms with Crippen LogP contribution >= 0.6 is 0 Å². The van der Waals surface area contributed by atoms with Gasteiger partial charge in [0.25, 0.3) is 5.91 Å². The van der Waals surface area contributed by atoms with Gasteiger partial charge in [0.2, 0.25) is 5.88 Å². The Balaban J connectivity index is 2.53. The Morgan fingerprint density at radius 3 is 2.68 bits per heavy atom. The van der Waals surface area contributed by atoms with Crippen LogP contribution in [-0.2, 0) is 0 Å². The maximum absolute atomic E-state index is 11.9. The normalized spacial score (nSPS) is 12.3. The van der Waals surface area contributed by atoms with Crippen molar-refractivity contribution in [1.82, 2.24) is 10.3 Å². The van der Waals surface area contributed by atoms with E-state index >= 15 is 0 Å². The van der Waals surface area contributed by atoms with E-state index in [1.165, 1.54) is 6.20 Å². The van der Waals surface area contributed by atoms with Gasteiger partial charge in [0.1, 0.15) is 0 Å². The SMILES string of the molecule is CC(CCCO)NC(=O)c1ccc(OC(C)C)nc1. The average Bonchev–Trinajstić information content (AvgIpc) is 2.36. The number of hydrogen-bond donors (Lipinski definition) is 2. The summed E-state index contributed by atoms with van der Waals surface area (Å²) in [6.45, 7) is 5.90. The number of carbonyl (C=O) groups excluding carboxylic acids is 1. The third-order valence-corrected chi connectivity index (χ3v) is 2.53. The second kappa shape index (κ2) is 7.74. The van der Waals surface area contributed by atoms with Crippen LogP contribution < -0.4 is 10.1 Å². The van der Waals surface area contributed by atoms with Gasteiger partial charge in [-0.25, -0.2) is 4.98 Å². The molecule has 5 heteroatoms. The van der Waals surface area contributed by atoms with Crippen molar-refractivity contribution in [3.05, 3.63) is 23.9 Å². The topological polar surface area (TPSA) is 71.5 Å². The Morgan fingerprint density at radius 2 is 2.16 bits per heavy atom. The predicted molar refractivity (Wildman–Crippen MR) is 73.2 cm³/mol. The van der Waals surface area contributed by atoms with Crippen molar-refractivity contribution in [2.75, 3.05) is 6.61 Å². The van der Waals surface area contributed by atoms with Gasteiger partial charge in [-0.05, 0) is 39.7 Å². The van der Waals surface area contributed by atoms with Gasteiger partial charge in [-0.15, -0.1) is 0 Å². The summed E-state index contributed by atoms with van der Waals surface area (Å²) in [5, 5.41) is 11.6. The molecule has 106 valence electrons. The number of ether oxygens (including phenoxy) is 1. The van der Waals surface area contributed by atoms with Crippen molar-refractivity contribution < 1.29 is 14.6 Å². The quantitative estimate of drug-likeness (QED) is 0.789. The minimum Gasteiger partial charge on any atom is -0.475 e. The van der Waals surface area contributed by atoms with Crippen molar-refractivity contribution in [2.24, 2.45) is 0 Å². The maximum Gasteiger partial charge on any atom is 0.253 e. The molecule has 0 fully saturated rings. The summed E-state index contributed by atoms with van der Waals surface area (Å²) in [4.78, 5) is 16.0. The number of nitrogens with one attached hydrogen (secondary N) is 1. The molecule has 0 saturated carbocycles. The number of aliphatic hydroxyl groups excluding tert-OH is 1. The Labute approximate surface area is 114 Å². The molecule has 1 amide bonds. The van der Waals surface area contributed by atoms with Crippen LogP contribution in [0.1, 0.15) is 44.0 Å². The lowest BCUT2D eigenvalue weighted by Crippen LogP contribution is -2.32. The molecular weight excluding hydrogens is 244 g/mol. The van der Waals surface area contributed by atoms with Crippen molar-refractivity contribution in [1.29, 1.82) is 0 Å². The van der Waals surface area contributed by atoms with E-state index in [9.17, 15) is 4.79 Å². The summed E-state index contributed by atoms with van der Waals surface area (Å²) in [6, 6.07) is 3.41. The minimum atomic E-state index is -0.158. The molecule has 0 aromatic carbocycles. The number of hydrogen-bond acceptors (Lipinski definition) is 4. The Bertz CT molecular complexity index is 390. The molecule has 1 unspecified atom stereocenters. The zero-order valence-corrected chi connectivity index (χ0v) is 11.7. The smallest absolute Gasteiger partial charge is 0.253 e. The molecule has 0 bridgehead atoms. The van der Waals surface area contributed by atoms with Crippen LogP contribution in [0.2, 0.25) is 0 Å². The largest absolute Gasteiger partial charge is 0.475 e. The van der Waals surface area contributed by atoms with Crippen LogP contribution in [-0.4, -0.2) is 34.8 Å². The number of carbonyl (C=O) groups is 1. The number of pyridine rings is 1. The van der Waals surface area contributed by atoms with Gasteiger partial charge in [0, 0.05) is 24.9 Å². The first kappa shape index (κ1) is 15.4. The molecule has 1 aromatic heterocycles. The van der Waals surface area contributed by atoms with Crippen LogP contribution in [0.4, 0.5) is 0 Å². The average molecular weight is 266 g/mol. The van der Waals surface area contributed by atoms with E-state index in [0.717, 1.165) is 6.42 Å². The van der Waals surface area contributed by atoms with Crippen molar-refractivity contribution >= 4 is 5.91 Å². The van der Waals surface area contributed by atoms with E-state index in [1.807, 2.05) is 20.8 Å². The third-order valence-electron chi connectivity index (χ3n) is 2.53. The summed E-state index contributed by atoms with van der Waals surface area (Å²) in [5.41, 5.74) is 0.506. The lowest BCUT2D eigenvalue weighted by molar-refractivity contribution is 0.0936.